The maximum absolute atomic E-state index is 5.15. The molecule has 11 heavy (non-hydrogen) atoms. The van der Waals surface area contributed by atoms with Crippen LogP contribution in [0.4, 0.5) is 0 Å². The van der Waals surface area contributed by atoms with Gasteiger partial charge in [-0.1, -0.05) is 18.7 Å². The van der Waals surface area contributed by atoms with Gasteiger partial charge in [0.15, 0.2) is 0 Å². The highest BCUT2D eigenvalue weighted by molar-refractivity contribution is 9.11. The van der Waals surface area contributed by atoms with Crippen LogP contribution < -0.4 is 0 Å². The van der Waals surface area contributed by atoms with E-state index in [2.05, 4.69) is 22.5 Å². The molecule has 0 N–H and O–H groups in total. The highest BCUT2D eigenvalue weighted by atomic mass is 79.9. The molecule has 0 atom stereocenters. The summed E-state index contributed by atoms with van der Waals surface area (Å²) in [5.74, 6) is 0.836. The molecule has 0 bridgehead atoms. The molecule has 0 rings (SSSR count). The van der Waals surface area contributed by atoms with Crippen LogP contribution in [0.25, 0.3) is 0 Å². The van der Waals surface area contributed by atoms with Crippen LogP contribution in [-0.2, 0) is 4.74 Å². The smallest absolute Gasteiger partial charge is 0.135 e. The average Bonchev–Trinajstić information content (AvgIpc) is 2.05. The van der Waals surface area contributed by atoms with Crippen LogP contribution in [0.2, 0.25) is 0 Å². The molecule has 0 aromatic rings. The van der Waals surface area contributed by atoms with Crippen LogP contribution in [0.3, 0.4) is 0 Å². The van der Waals surface area contributed by atoms with Crippen molar-refractivity contribution in [1.82, 2.24) is 0 Å². The third kappa shape index (κ3) is 2.93. The Bertz CT molecular complexity index is 202. The van der Waals surface area contributed by atoms with Gasteiger partial charge < -0.3 is 4.74 Å². The van der Waals surface area contributed by atoms with E-state index in [-0.39, 0.29) is 0 Å². The molecule has 0 aromatic carbocycles. The summed E-state index contributed by atoms with van der Waals surface area (Å²) in [5, 5.41) is 0. The molecular weight excluding hydrogens is 204 g/mol. The maximum Gasteiger partial charge on any atom is 0.135 e. The zero-order chi connectivity index (χ0) is 8.85. The molecule has 62 valence electrons. The van der Waals surface area contributed by atoms with Crippen LogP contribution in [-0.4, -0.2) is 7.11 Å². The van der Waals surface area contributed by atoms with Crippen LogP contribution in [0.5, 0.6) is 0 Å². The number of rotatable bonds is 3. The first kappa shape index (κ1) is 10.5. The highest BCUT2D eigenvalue weighted by Crippen LogP contribution is 2.20. The second-order valence-electron chi connectivity index (χ2n) is 2.06. The van der Waals surface area contributed by atoms with Crippen molar-refractivity contribution in [3.63, 3.8) is 0 Å². The molecule has 0 saturated carbocycles. The minimum absolute atomic E-state index is 0.836. The first-order chi connectivity index (χ1) is 5.17. The Labute approximate surface area is 76.6 Å². The van der Waals surface area contributed by atoms with Gasteiger partial charge in [0.25, 0.3) is 0 Å². The van der Waals surface area contributed by atoms with E-state index in [0.29, 0.717) is 0 Å². The molecule has 0 aromatic heterocycles. The molecule has 0 radical (unpaired) electrons. The van der Waals surface area contributed by atoms with E-state index < -0.39 is 0 Å². The molecule has 0 spiro atoms. The number of allylic oxidation sites excluding steroid dienone is 4. The fraction of sp³-hybridized carbons (Fsp3) is 0.333. The lowest BCUT2D eigenvalue weighted by atomic mass is 10.2. The quantitative estimate of drug-likeness (QED) is 0.520. The molecule has 0 aliphatic rings. The standard InChI is InChI=1S/C9H13BrO/c1-5-7(3)9(11-4)8(10)6-2/h5-6H,2H2,1,3-4H3/b7-5-,9-8-. The molecule has 0 fully saturated rings. The second kappa shape index (κ2) is 5.19. The van der Waals surface area contributed by atoms with Gasteiger partial charge in [-0.15, -0.1) is 0 Å². The fourth-order valence-electron chi connectivity index (χ4n) is 0.671. The number of hydrogen-bond donors (Lipinski definition) is 0. The van der Waals surface area contributed by atoms with E-state index in [1.807, 2.05) is 19.9 Å². The van der Waals surface area contributed by atoms with Crippen molar-refractivity contribution in [1.29, 1.82) is 0 Å². The van der Waals surface area contributed by atoms with Gasteiger partial charge in [-0.2, -0.15) is 0 Å². The summed E-state index contributed by atoms with van der Waals surface area (Å²) in [6.07, 6.45) is 3.70. The SMILES string of the molecule is C=C/C(Br)=C(OC)\C(C)=C/C. The second-order valence-corrected chi connectivity index (χ2v) is 2.91. The van der Waals surface area contributed by atoms with Gasteiger partial charge in [-0.3, -0.25) is 0 Å². The maximum atomic E-state index is 5.15. The van der Waals surface area contributed by atoms with Crippen LogP contribution in [0, 0.1) is 0 Å². The lowest BCUT2D eigenvalue weighted by Gasteiger charge is -2.06. The van der Waals surface area contributed by atoms with E-state index in [1.54, 1.807) is 13.2 Å². The molecule has 0 heterocycles. The van der Waals surface area contributed by atoms with E-state index in [4.69, 9.17) is 4.74 Å². The Balaban J connectivity index is 4.79. The number of halogens is 1. The summed E-state index contributed by atoms with van der Waals surface area (Å²) < 4.78 is 6.03. The fourth-order valence-corrected chi connectivity index (χ4v) is 1.15. The highest BCUT2D eigenvalue weighted by Gasteiger charge is 2.01. The summed E-state index contributed by atoms with van der Waals surface area (Å²) in [4.78, 5) is 0. The summed E-state index contributed by atoms with van der Waals surface area (Å²) in [7, 11) is 1.65. The lowest BCUT2D eigenvalue weighted by Crippen LogP contribution is -1.90. The predicted octanol–water partition coefficient (Wildman–Crippen LogP) is 3.39. The minimum atomic E-state index is 0.836. The minimum Gasteiger partial charge on any atom is -0.495 e. The van der Waals surface area contributed by atoms with Crippen molar-refractivity contribution in [2.75, 3.05) is 7.11 Å². The normalized spacial score (nSPS) is 14.0. The van der Waals surface area contributed by atoms with Crippen molar-refractivity contribution in [3.05, 3.63) is 34.5 Å². The van der Waals surface area contributed by atoms with Crippen molar-refractivity contribution >= 4 is 15.9 Å². The average molecular weight is 217 g/mol. The van der Waals surface area contributed by atoms with E-state index in [0.717, 1.165) is 15.8 Å². The molecular formula is C9H13BrO. The van der Waals surface area contributed by atoms with Gasteiger partial charge in [0, 0.05) is 0 Å². The van der Waals surface area contributed by atoms with Crippen LogP contribution >= 0.6 is 15.9 Å². The molecule has 0 aliphatic heterocycles. The van der Waals surface area contributed by atoms with Crippen LogP contribution in [0.1, 0.15) is 13.8 Å². The van der Waals surface area contributed by atoms with Gasteiger partial charge in [-0.05, 0) is 35.4 Å². The third-order valence-corrected chi connectivity index (χ3v) is 2.08. The van der Waals surface area contributed by atoms with Crippen LogP contribution in [0.15, 0.2) is 34.5 Å². The van der Waals surface area contributed by atoms with Crippen molar-refractivity contribution in [2.45, 2.75) is 13.8 Å². The Morgan fingerprint density at radius 1 is 1.55 bits per heavy atom. The van der Waals surface area contributed by atoms with Gasteiger partial charge in [-0.25, -0.2) is 0 Å². The Kier molecular flexibility index (Phi) is 4.95. The lowest BCUT2D eigenvalue weighted by molar-refractivity contribution is 0.300. The first-order valence-corrected chi connectivity index (χ1v) is 4.16. The third-order valence-electron chi connectivity index (χ3n) is 1.39. The van der Waals surface area contributed by atoms with E-state index in [1.165, 1.54) is 0 Å². The summed E-state index contributed by atoms with van der Waals surface area (Å²) >= 11 is 3.34. The summed E-state index contributed by atoms with van der Waals surface area (Å²) in [6.45, 7) is 7.59. The zero-order valence-electron chi connectivity index (χ0n) is 7.15. The van der Waals surface area contributed by atoms with Gasteiger partial charge in [0.2, 0.25) is 0 Å². The molecule has 0 aliphatic carbocycles. The summed E-state index contributed by atoms with van der Waals surface area (Å²) in [5.41, 5.74) is 1.10. The topological polar surface area (TPSA) is 9.23 Å². The molecule has 0 unspecified atom stereocenters. The summed E-state index contributed by atoms with van der Waals surface area (Å²) in [6, 6.07) is 0. The van der Waals surface area contributed by atoms with E-state index >= 15 is 0 Å². The zero-order valence-corrected chi connectivity index (χ0v) is 8.73. The van der Waals surface area contributed by atoms with Crippen molar-refractivity contribution < 1.29 is 4.74 Å². The van der Waals surface area contributed by atoms with E-state index in [9.17, 15) is 0 Å². The number of ether oxygens (including phenoxy) is 1. The largest absolute Gasteiger partial charge is 0.495 e. The Morgan fingerprint density at radius 2 is 2.09 bits per heavy atom. The number of hydrogen-bond acceptors (Lipinski definition) is 1. The van der Waals surface area contributed by atoms with Crippen molar-refractivity contribution in [2.24, 2.45) is 0 Å². The molecule has 0 saturated heterocycles. The van der Waals surface area contributed by atoms with Gasteiger partial charge in [0.05, 0.1) is 11.6 Å². The monoisotopic (exact) mass is 216 g/mol. The first-order valence-electron chi connectivity index (χ1n) is 3.36. The van der Waals surface area contributed by atoms with Gasteiger partial charge >= 0.3 is 0 Å². The number of methoxy groups -OCH3 is 1. The Morgan fingerprint density at radius 3 is 2.36 bits per heavy atom. The predicted molar refractivity (Wildman–Crippen MR) is 52.6 cm³/mol. The van der Waals surface area contributed by atoms with Crippen molar-refractivity contribution in [3.8, 4) is 0 Å². The molecule has 0 amide bonds. The van der Waals surface area contributed by atoms with Gasteiger partial charge in [0.1, 0.15) is 5.76 Å². The molecule has 1 nitrogen and oxygen atoms in total. The molecule has 2 heteroatoms. The Hall–Kier alpha value is -0.500.